The lowest BCUT2D eigenvalue weighted by atomic mass is 10.1. The molecule has 3 rings (SSSR count). The van der Waals surface area contributed by atoms with Crippen LogP contribution in [-0.4, -0.2) is 37.0 Å². The lowest BCUT2D eigenvalue weighted by Gasteiger charge is -2.15. The zero-order chi connectivity index (χ0) is 19.9. The van der Waals surface area contributed by atoms with Gasteiger partial charge in [-0.15, -0.1) is 0 Å². The average molecular weight is 381 g/mol. The van der Waals surface area contributed by atoms with Crippen LogP contribution in [0.25, 0.3) is 5.69 Å². The van der Waals surface area contributed by atoms with E-state index in [1.165, 1.54) is 0 Å². The number of benzene rings is 2. The number of amides is 1. The molecule has 2 aromatic carbocycles. The molecule has 0 spiro atoms. The van der Waals surface area contributed by atoms with Gasteiger partial charge in [0.15, 0.2) is 0 Å². The number of ether oxygens (including phenoxy) is 3. The lowest BCUT2D eigenvalue weighted by Crippen LogP contribution is -2.25. The summed E-state index contributed by atoms with van der Waals surface area (Å²) in [7, 11) is 4.72. The number of hydrogen-bond acceptors (Lipinski definition) is 5. The second-order valence-corrected chi connectivity index (χ2v) is 6.08. The van der Waals surface area contributed by atoms with Crippen molar-refractivity contribution in [3.63, 3.8) is 0 Å². The molecule has 3 aromatic rings. The van der Waals surface area contributed by atoms with Gasteiger partial charge in [0, 0.05) is 24.5 Å². The second kappa shape index (κ2) is 8.94. The number of nitrogens with zero attached hydrogens (tertiary/aromatic N) is 2. The van der Waals surface area contributed by atoms with E-state index in [1.807, 2.05) is 36.5 Å². The third-order valence-electron chi connectivity index (χ3n) is 4.35. The highest BCUT2D eigenvalue weighted by atomic mass is 16.5. The molecule has 0 unspecified atom stereocenters. The fourth-order valence-electron chi connectivity index (χ4n) is 2.88. The third kappa shape index (κ3) is 4.43. The van der Waals surface area contributed by atoms with Crippen molar-refractivity contribution in [3.05, 3.63) is 66.0 Å². The molecular weight excluding hydrogens is 358 g/mol. The molecule has 146 valence electrons. The zero-order valence-electron chi connectivity index (χ0n) is 16.1. The van der Waals surface area contributed by atoms with Crippen molar-refractivity contribution in [1.82, 2.24) is 15.1 Å². The van der Waals surface area contributed by atoms with E-state index in [0.717, 1.165) is 16.8 Å². The van der Waals surface area contributed by atoms with Crippen molar-refractivity contribution >= 4 is 5.91 Å². The van der Waals surface area contributed by atoms with Crippen molar-refractivity contribution in [3.8, 4) is 22.9 Å². The molecule has 0 fully saturated rings. The first kappa shape index (κ1) is 19.3. The maximum Gasteiger partial charge on any atom is 0.224 e. The maximum absolute atomic E-state index is 12.4. The predicted molar refractivity (Wildman–Crippen MR) is 105 cm³/mol. The first-order chi connectivity index (χ1) is 13.6. The molecule has 1 heterocycles. The largest absolute Gasteiger partial charge is 0.496 e. The normalized spacial score (nSPS) is 10.4. The molecule has 28 heavy (non-hydrogen) atoms. The smallest absolute Gasteiger partial charge is 0.224 e. The number of carbonyl (C=O) groups excluding carboxylic acids is 1. The molecule has 0 atom stereocenters. The Hall–Kier alpha value is -3.48. The van der Waals surface area contributed by atoms with E-state index in [2.05, 4.69) is 10.4 Å². The molecule has 0 saturated heterocycles. The monoisotopic (exact) mass is 381 g/mol. The van der Waals surface area contributed by atoms with Gasteiger partial charge in [-0.2, -0.15) is 5.10 Å². The van der Waals surface area contributed by atoms with Crippen molar-refractivity contribution in [2.75, 3.05) is 21.3 Å². The number of hydrogen-bond donors (Lipinski definition) is 1. The van der Waals surface area contributed by atoms with E-state index in [4.69, 9.17) is 14.2 Å². The van der Waals surface area contributed by atoms with Crippen LogP contribution in [0, 0.1) is 0 Å². The summed E-state index contributed by atoms with van der Waals surface area (Å²) >= 11 is 0. The fourth-order valence-corrected chi connectivity index (χ4v) is 2.88. The van der Waals surface area contributed by atoms with Gasteiger partial charge in [-0.25, -0.2) is 4.68 Å². The van der Waals surface area contributed by atoms with Crippen molar-refractivity contribution < 1.29 is 19.0 Å². The van der Waals surface area contributed by atoms with Gasteiger partial charge in [0.05, 0.1) is 45.5 Å². The summed E-state index contributed by atoms with van der Waals surface area (Å²) in [5.74, 6) is 1.73. The molecule has 0 aliphatic rings. The van der Waals surface area contributed by atoms with Gasteiger partial charge in [0.2, 0.25) is 5.91 Å². The molecule has 7 nitrogen and oxygen atoms in total. The van der Waals surface area contributed by atoms with E-state index in [-0.39, 0.29) is 12.3 Å². The fraction of sp³-hybridized carbons (Fsp3) is 0.238. The van der Waals surface area contributed by atoms with Crippen LogP contribution >= 0.6 is 0 Å². The summed E-state index contributed by atoms with van der Waals surface area (Å²) in [5, 5.41) is 7.11. The van der Waals surface area contributed by atoms with Crippen LogP contribution in [0.1, 0.15) is 11.1 Å². The average Bonchev–Trinajstić information content (AvgIpc) is 3.27. The number of methoxy groups -OCH3 is 3. The summed E-state index contributed by atoms with van der Waals surface area (Å²) < 4.78 is 17.8. The Morgan fingerprint density at radius 3 is 2.25 bits per heavy atom. The molecule has 1 amide bonds. The summed E-state index contributed by atoms with van der Waals surface area (Å²) in [5.41, 5.74) is 2.62. The molecule has 0 aliphatic heterocycles. The van der Waals surface area contributed by atoms with Crippen LogP contribution in [0.3, 0.4) is 0 Å². The zero-order valence-corrected chi connectivity index (χ0v) is 16.1. The van der Waals surface area contributed by atoms with Gasteiger partial charge in [-0.1, -0.05) is 12.1 Å². The Morgan fingerprint density at radius 2 is 1.71 bits per heavy atom. The van der Waals surface area contributed by atoms with Gasteiger partial charge in [0.25, 0.3) is 0 Å². The summed E-state index contributed by atoms with van der Waals surface area (Å²) in [6.45, 7) is 0.292. The second-order valence-electron chi connectivity index (χ2n) is 6.08. The van der Waals surface area contributed by atoms with Crippen molar-refractivity contribution in [1.29, 1.82) is 0 Å². The van der Waals surface area contributed by atoms with Crippen LogP contribution in [-0.2, 0) is 17.8 Å². The summed E-state index contributed by atoms with van der Waals surface area (Å²) in [6.07, 6.45) is 3.88. The van der Waals surface area contributed by atoms with E-state index in [1.54, 1.807) is 44.3 Å². The van der Waals surface area contributed by atoms with Crippen LogP contribution in [0.2, 0.25) is 0 Å². The number of nitrogens with one attached hydrogen (secondary N) is 1. The topological polar surface area (TPSA) is 74.6 Å². The molecule has 1 N–H and O–H groups in total. The highest BCUT2D eigenvalue weighted by molar-refractivity contribution is 5.78. The number of aromatic nitrogens is 2. The molecular formula is C21H23N3O4. The Balaban J connectivity index is 1.64. The first-order valence-electron chi connectivity index (χ1n) is 8.79. The first-order valence-corrected chi connectivity index (χ1v) is 8.79. The third-order valence-corrected chi connectivity index (χ3v) is 4.35. The molecule has 0 saturated carbocycles. The van der Waals surface area contributed by atoms with Crippen LogP contribution in [0.4, 0.5) is 0 Å². The Bertz CT molecular complexity index is 896. The van der Waals surface area contributed by atoms with Crippen molar-refractivity contribution in [2.45, 2.75) is 13.0 Å². The van der Waals surface area contributed by atoms with Crippen molar-refractivity contribution in [2.24, 2.45) is 0 Å². The highest BCUT2D eigenvalue weighted by Gasteiger charge is 2.14. The van der Waals surface area contributed by atoms with Gasteiger partial charge in [0.1, 0.15) is 17.2 Å². The quantitative estimate of drug-likeness (QED) is 0.649. The molecule has 0 bridgehead atoms. The maximum atomic E-state index is 12.4. The van der Waals surface area contributed by atoms with Crippen LogP contribution < -0.4 is 19.5 Å². The number of rotatable bonds is 8. The van der Waals surface area contributed by atoms with E-state index >= 15 is 0 Å². The van der Waals surface area contributed by atoms with E-state index in [9.17, 15) is 4.79 Å². The highest BCUT2D eigenvalue weighted by Crippen LogP contribution is 2.33. The SMILES string of the molecule is COc1cc(OC)c(CNC(=O)Cc2ccc(-n3cccn3)cc2)c(OC)c1. The number of carbonyl (C=O) groups is 1. The van der Waals surface area contributed by atoms with Crippen LogP contribution in [0.15, 0.2) is 54.9 Å². The summed E-state index contributed by atoms with van der Waals surface area (Å²) in [6, 6.07) is 13.1. The molecule has 0 radical (unpaired) electrons. The van der Waals surface area contributed by atoms with Gasteiger partial charge in [-0.3, -0.25) is 4.79 Å². The Kier molecular flexibility index (Phi) is 6.16. The Morgan fingerprint density at radius 1 is 1.04 bits per heavy atom. The van der Waals surface area contributed by atoms with E-state index in [0.29, 0.717) is 23.8 Å². The Labute approximate surface area is 163 Å². The van der Waals surface area contributed by atoms with Crippen LogP contribution in [0.5, 0.6) is 17.2 Å². The minimum Gasteiger partial charge on any atom is -0.496 e. The minimum absolute atomic E-state index is 0.0910. The van der Waals surface area contributed by atoms with E-state index < -0.39 is 0 Å². The molecule has 7 heteroatoms. The molecule has 1 aromatic heterocycles. The predicted octanol–water partition coefficient (Wildman–Crippen LogP) is 2.76. The van der Waals surface area contributed by atoms with Gasteiger partial charge in [-0.05, 0) is 23.8 Å². The minimum atomic E-state index is -0.0910. The molecule has 0 aliphatic carbocycles. The lowest BCUT2D eigenvalue weighted by molar-refractivity contribution is -0.120. The van der Waals surface area contributed by atoms with Gasteiger partial charge >= 0.3 is 0 Å². The standard InChI is InChI=1S/C21H23N3O4/c1-26-17-12-19(27-2)18(20(13-17)28-3)14-22-21(25)11-15-5-7-16(8-6-15)24-10-4-9-23-24/h4-10,12-13H,11,14H2,1-3H3,(H,22,25). The summed E-state index contributed by atoms with van der Waals surface area (Å²) in [4.78, 5) is 12.4. The van der Waals surface area contributed by atoms with Gasteiger partial charge < -0.3 is 19.5 Å².